The maximum absolute atomic E-state index is 13.3. The third-order valence-corrected chi connectivity index (χ3v) is 6.15. The first-order valence-corrected chi connectivity index (χ1v) is 10.7. The molecule has 172 valence electrons. The van der Waals surface area contributed by atoms with Crippen LogP contribution in [0.25, 0.3) is 10.9 Å². The Bertz CT molecular complexity index is 1330. The molecule has 0 aliphatic carbocycles. The summed E-state index contributed by atoms with van der Waals surface area (Å²) >= 11 is 11.9. The first-order chi connectivity index (χ1) is 15.2. The number of nitrogens with zero attached hydrogens (tertiary/aromatic N) is 2. The van der Waals surface area contributed by atoms with Crippen molar-refractivity contribution >= 4 is 45.9 Å². The molecule has 2 heterocycles. The SMILES string of the molecule is C.C=C1CCC(n2c(C)nc3ccc(CNC(=O)c4ccc(Cl)c(Cl)c4)cc3c2=O)C(=O)N1. The second kappa shape index (κ2) is 9.77. The molecule has 1 unspecified atom stereocenters. The molecule has 2 N–H and O–H groups in total. The molecule has 0 spiro atoms. The zero-order valence-electron chi connectivity index (χ0n) is 17.2. The quantitative estimate of drug-likeness (QED) is 0.565. The highest BCUT2D eigenvalue weighted by atomic mass is 35.5. The number of halogens is 2. The van der Waals surface area contributed by atoms with Gasteiger partial charge in [0.2, 0.25) is 5.91 Å². The lowest BCUT2D eigenvalue weighted by molar-refractivity contribution is -0.124. The third kappa shape index (κ3) is 4.94. The normalized spacial score (nSPS) is 15.7. The molecule has 33 heavy (non-hydrogen) atoms. The highest BCUT2D eigenvalue weighted by Crippen LogP contribution is 2.24. The lowest BCUT2D eigenvalue weighted by Gasteiger charge is -2.26. The van der Waals surface area contributed by atoms with Crippen molar-refractivity contribution in [2.75, 3.05) is 0 Å². The number of carbonyl (C=O) groups is 2. The summed E-state index contributed by atoms with van der Waals surface area (Å²) in [5.41, 5.74) is 1.99. The van der Waals surface area contributed by atoms with E-state index in [0.29, 0.717) is 50.9 Å². The van der Waals surface area contributed by atoms with Gasteiger partial charge < -0.3 is 10.6 Å². The summed E-state index contributed by atoms with van der Waals surface area (Å²) in [5, 5.41) is 6.56. The predicted octanol–water partition coefficient (Wildman–Crippen LogP) is 4.54. The number of rotatable bonds is 4. The fourth-order valence-corrected chi connectivity index (χ4v) is 4.06. The van der Waals surface area contributed by atoms with Crippen LogP contribution in [0.2, 0.25) is 10.0 Å². The van der Waals surface area contributed by atoms with Gasteiger partial charge in [-0.15, -0.1) is 0 Å². The summed E-state index contributed by atoms with van der Waals surface area (Å²) in [5.74, 6) is -0.115. The molecule has 1 aliphatic rings. The van der Waals surface area contributed by atoms with Crippen LogP contribution in [0.4, 0.5) is 0 Å². The van der Waals surface area contributed by atoms with Crippen molar-refractivity contribution in [1.82, 2.24) is 20.2 Å². The van der Waals surface area contributed by atoms with Crippen LogP contribution in [0, 0.1) is 6.92 Å². The number of allylic oxidation sites excluding steroid dienone is 1. The number of hydrogen-bond donors (Lipinski definition) is 2. The van der Waals surface area contributed by atoms with Gasteiger partial charge in [0.1, 0.15) is 11.9 Å². The lowest BCUT2D eigenvalue weighted by Crippen LogP contribution is -2.41. The maximum Gasteiger partial charge on any atom is 0.262 e. The Kier molecular flexibility index (Phi) is 7.25. The number of aromatic nitrogens is 2. The molecular weight excluding hydrogens is 463 g/mol. The van der Waals surface area contributed by atoms with Crippen molar-refractivity contribution in [2.24, 2.45) is 0 Å². The zero-order chi connectivity index (χ0) is 23.0. The largest absolute Gasteiger partial charge is 0.348 e. The van der Waals surface area contributed by atoms with Crippen molar-refractivity contribution in [1.29, 1.82) is 0 Å². The number of piperidine rings is 1. The Balaban J connectivity index is 0.00000306. The number of carbonyl (C=O) groups excluding carboxylic acids is 2. The standard InChI is InChI=1S/C23H20Cl2N4O3.CH4/c1-12-3-8-20(22(31)27-12)29-13(2)28-19-7-4-14(9-16(19)23(29)32)11-26-21(30)15-5-6-17(24)18(25)10-15;/h4-7,9-10,20H,1,3,8,11H2,2H3,(H,26,30)(H,27,31);1H4. The summed E-state index contributed by atoms with van der Waals surface area (Å²) in [6.07, 6.45) is 1.08. The van der Waals surface area contributed by atoms with E-state index in [1.165, 1.54) is 10.6 Å². The summed E-state index contributed by atoms with van der Waals surface area (Å²) in [7, 11) is 0. The van der Waals surface area contributed by atoms with Crippen molar-refractivity contribution in [3.63, 3.8) is 0 Å². The molecule has 0 radical (unpaired) electrons. The summed E-state index contributed by atoms with van der Waals surface area (Å²) in [6, 6.07) is 9.22. The molecule has 2 amide bonds. The van der Waals surface area contributed by atoms with Crippen LogP contribution >= 0.6 is 23.2 Å². The van der Waals surface area contributed by atoms with Gasteiger partial charge in [0, 0.05) is 17.8 Å². The Morgan fingerprint density at radius 1 is 1.21 bits per heavy atom. The Morgan fingerprint density at radius 2 is 1.97 bits per heavy atom. The van der Waals surface area contributed by atoms with E-state index in [1.54, 1.807) is 37.3 Å². The Hall–Kier alpha value is -3.16. The van der Waals surface area contributed by atoms with E-state index in [4.69, 9.17) is 23.2 Å². The van der Waals surface area contributed by atoms with Gasteiger partial charge in [0.25, 0.3) is 11.5 Å². The molecule has 1 saturated heterocycles. The predicted molar refractivity (Wildman–Crippen MR) is 131 cm³/mol. The average Bonchev–Trinajstić information content (AvgIpc) is 2.75. The van der Waals surface area contributed by atoms with Gasteiger partial charge >= 0.3 is 0 Å². The number of fused-ring (bicyclic) bond motifs is 1. The fourth-order valence-electron chi connectivity index (χ4n) is 3.76. The minimum atomic E-state index is -0.636. The van der Waals surface area contributed by atoms with Gasteiger partial charge in [-0.2, -0.15) is 0 Å². The van der Waals surface area contributed by atoms with E-state index in [9.17, 15) is 14.4 Å². The van der Waals surface area contributed by atoms with Gasteiger partial charge in [-0.3, -0.25) is 19.0 Å². The van der Waals surface area contributed by atoms with E-state index < -0.39 is 6.04 Å². The molecule has 0 saturated carbocycles. The van der Waals surface area contributed by atoms with Gasteiger partial charge in [-0.05, 0) is 55.7 Å². The summed E-state index contributed by atoms with van der Waals surface area (Å²) in [6.45, 7) is 5.69. The van der Waals surface area contributed by atoms with Crippen molar-refractivity contribution < 1.29 is 9.59 Å². The molecule has 7 nitrogen and oxygen atoms in total. The van der Waals surface area contributed by atoms with Crippen LogP contribution in [0.3, 0.4) is 0 Å². The molecule has 3 aromatic rings. The summed E-state index contributed by atoms with van der Waals surface area (Å²) < 4.78 is 1.43. The molecule has 1 aliphatic heterocycles. The van der Waals surface area contributed by atoms with Crippen LogP contribution < -0.4 is 16.2 Å². The van der Waals surface area contributed by atoms with Crippen LogP contribution in [-0.4, -0.2) is 21.4 Å². The minimum Gasteiger partial charge on any atom is -0.348 e. The molecule has 0 bridgehead atoms. The molecule has 1 fully saturated rings. The van der Waals surface area contributed by atoms with Crippen molar-refractivity contribution in [2.45, 2.75) is 39.8 Å². The van der Waals surface area contributed by atoms with Gasteiger partial charge in [0.05, 0.1) is 20.9 Å². The lowest BCUT2D eigenvalue weighted by atomic mass is 10.0. The number of nitrogens with one attached hydrogen (secondary N) is 2. The number of hydrogen-bond acceptors (Lipinski definition) is 4. The molecule has 1 aromatic heterocycles. The first kappa shape index (κ1) is 24.5. The number of aryl methyl sites for hydroxylation is 1. The van der Waals surface area contributed by atoms with Gasteiger partial charge in [0.15, 0.2) is 0 Å². The maximum atomic E-state index is 13.3. The van der Waals surface area contributed by atoms with Crippen LogP contribution in [-0.2, 0) is 11.3 Å². The molecule has 1 atom stereocenters. The molecule has 2 aromatic carbocycles. The zero-order valence-corrected chi connectivity index (χ0v) is 18.8. The van der Waals surface area contributed by atoms with Crippen LogP contribution in [0.1, 0.15) is 48.1 Å². The Morgan fingerprint density at radius 3 is 2.67 bits per heavy atom. The van der Waals surface area contributed by atoms with Gasteiger partial charge in [-0.25, -0.2) is 4.98 Å². The highest BCUT2D eigenvalue weighted by molar-refractivity contribution is 6.42. The minimum absolute atomic E-state index is 0. The molecule has 9 heteroatoms. The second-order valence-corrected chi connectivity index (χ2v) is 8.46. The van der Waals surface area contributed by atoms with E-state index in [0.717, 1.165) is 5.56 Å². The number of benzene rings is 2. The average molecular weight is 487 g/mol. The van der Waals surface area contributed by atoms with E-state index in [1.807, 2.05) is 0 Å². The number of amides is 2. The highest BCUT2D eigenvalue weighted by Gasteiger charge is 2.28. The first-order valence-electron chi connectivity index (χ1n) is 9.98. The molecular formula is C24H24Cl2N4O3. The smallest absolute Gasteiger partial charge is 0.262 e. The van der Waals surface area contributed by atoms with Crippen molar-refractivity contribution in [3.05, 3.63) is 86.0 Å². The van der Waals surface area contributed by atoms with Crippen LogP contribution in [0.15, 0.2) is 53.5 Å². The summed E-state index contributed by atoms with van der Waals surface area (Å²) in [4.78, 5) is 42.7. The topological polar surface area (TPSA) is 93.1 Å². The second-order valence-electron chi connectivity index (χ2n) is 7.64. The van der Waals surface area contributed by atoms with E-state index in [-0.39, 0.29) is 31.3 Å². The fraction of sp³-hybridized carbons (Fsp3) is 0.250. The van der Waals surface area contributed by atoms with Gasteiger partial charge in [-0.1, -0.05) is 43.3 Å². The van der Waals surface area contributed by atoms with Crippen molar-refractivity contribution in [3.8, 4) is 0 Å². The van der Waals surface area contributed by atoms with Crippen LogP contribution in [0.5, 0.6) is 0 Å². The van der Waals surface area contributed by atoms with E-state index >= 15 is 0 Å². The Labute approximate surface area is 201 Å². The van der Waals surface area contributed by atoms with E-state index in [2.05, 4.69) is 22.2 Å². The molecule has 4 rings (SSSR count). The third-order valence-electron chi connectivity index (χ3n) is 5.41. The monoisotopic (exact) mass is 486 g/mol.